The van der Waals surface area contributed by atoms with Gasteiger partial charge in [-0.2, -0.15) is 0 Å². The summed E-state index contributed by atoms with van der Waals surface area (Å²) in [6.45, 7) is 10.7. The van der Waals surface area contributed by atoms with Gasteiger partial charge in [-0.15, -0.1) is 0 Å². The molecule has 2 aliphatic rings. The largest absolute Gasteiger partial charge is 0.396 e. The Labute approximate surface area is 124 Å². The van der Waals surface area contributed by atoms with E-state index in [4.69, 9.17) is 10.8 Å². The zero-order valence-corrected chi connectivity index (χ0v) is 13.6. The van der Waals surface area contributed by atoms with E-state index < -0.39 is 0 Å². The van der Waals surface area contributed by atoms with Crippen LogP contribution in [0.3, 0.4) is 0 Å². The summed E-state index contributed by atoms with van der Waals surface area (Å²) in [5.41, 5.74) is 6.46. The molecule has 1 saturated heterocycles. The standard InChI is InChI=1S/C17H34N2O/c1-17(2,3)15-5-4-14(11-18)16(10-15)19-8-6-13(12-19)7-9-20/h13-16,20H,4-12,18H2,1-3H3. The van der Waals surface area contributed by atoms with Gasteiger partial charge in [-0.25, -0.2) is 0 Å². The minimum absolute atomic E-state index is 0.341. The highest BCUT2D eigenvalue weighted by molar-refractivity contribution is 4.93. The molecule has 0 bridgehead atoms. The molecule has 4 unspecified atom stereocenters. The van der Waals surface area contributed by atoms with Crippen LogP contribution in [0.4, 0.5) is 0 Å². The Morgan fingerprint density at radius 1 is 1.20 bits per heavy atom. The highest BCUT2D eigenvalue weighted by atomic mass is 16.3. The van der Waals surface area contributed by atoms with Gasteiger partial charge in [0.1, 0.15) is 0 Å². The smallest absolute Gasteiger partial charge is 0.0434 e. The molecule has 0 aromatic carbocycles. The maximum atomic E-state index is 9.13. The van der Waals surface area contributed by atoms with Crippen molar-refractivity contribution in [3.8, 4) is 0 Å². The van der Waals surface area contributed by atoms with Gasteiger partial charge in [-0.05, 0) is 68.4 Å². The number of likely N-dealkylation sites (tertiary alicyclic amines) is 1. The summed E-state index contributed by atoms with van der Waals surface area (Å²) in [4.78, 5) is 2.69. The molecule has 3 N–H and O–H groups in total. The average molecular weight is 282 g/mol. The molecule has 1 heterocycles. The lowest BCUT2D eigenvalue weighted by Crippen LogP contribution is -2.47. The Morgan fingerprint density at radius 3 is 2.55 bits per heavy atom. The van der Waals surface area contributed by atoms with E-state index >= 15 is 0 Å². The van der Waals surface area contributed by atoms with Gasteiger partial charge in [0.15, 0.2) is 0 Å². The third kappa shape index (κ3) is 3.75. The van der Waals surface area contributed by atoms with Crippen LogP contribution in [-0.2, 0) is 0 Å². The fourth-order valence-corrected chi connectivity index (χ4v) is 4.30. The van der Waals surface area contributed by atoms with E-state index in [9.17, 15) is 0 Å². The average Bonchev–Trinajstić information content (AvgIpc) is 2.86. The molecule has 118 valence electrons. The molecule has 0 spiro atoms. The van der Waals surface area contributed by atoms with Crippen LogP contribution in [0.5, 0.6) is 0 Å². The van der Waals surface area contributed by atoms with E-state index in [-0.39, 0.29) is 0 Å². The van der Waals surface area contributed by atoms with Gasteiger partial charge in [-0.3, -0.25) is 4.90 Å². The highest BCUT2D eigenvalue weighted by Crippen LogP contribution is 2.42. The van der Waals surface area contributed by atoms with Crippen LogP contribution in [-0.4, -0.2) is 42.3 Å². The van der Waals surface area contributed by atoms with Gasteiger partial charge in [0.2, 0.25) is 0 Å². The molecule has 4 atom stereocenters. The molecule has 2 fully saturated rings. The SMILES string of the molecule is CC(C)(C)C1CCC(CN)C(N2CCC(CCO)C2)C1. The molecule has 1 aliphatic carbocycles. The summed E-state index contributed by atoms with van der Waals surface area (Å²) in [7, 11) is 0. The van der Waals surface area contributed by atoms with Crippen LogP contribution in [0.25, 0.3) is 0 Å². The van der Waals surface area contributed by atoms with Crippen molar-refractivity contribution in [1.29, 1.82) is 0 Å². The van der Waals surface area contributed by atoms with Crippen LogP contribution in [0, 0.1) is 23.2 Å². The van der Waals surface area contributed by atoms with Gasteiger partial charge < -0.3 is 10.8 Å². The first kappa shape index (κ1) is 16.3. The highest BCUT2D eigenvalue weighted by Gasteiger charge is 2.39. The third-order valence-electron chi connectivity index (χ3n) is 5.81. The van der Waals surface area contributed by atoms with E-state index in [2.05, 4.69) is 25.7 Å². The Morgan fingerprint density at radius 2 is 1.95 bits per heavy atom. The first-order chi connectivity index (χ1) is 9.45. The Balaban J connectivity index is 1.99. The van der Waals surface area contributed by atoms with E-state index in [0.29, 0.717) is 29.9 Å². The predicted octanol–water partition coefficient (Wildman–Crippen LogP) is 2.48. The summed E-state index contributed by atoms with van der Waals surface area (Å²) < 4.78 is 0. The lowest BCUT2D eigenvalue weighted by atomic mass is 9.67. The fraction of sp³-hybridized carbons (Fsp3) is 1.00. The molecule has 3 heteroatoms. The summed E-state index contributed by atoms with van der Waals surface area (Å²) in [5, 5.41) is 9.13. The number of nitrogens with two attached hydrogens (primary N) is 1. The van der Waals surface area contributed by atoms with Crippen molar-refractivity contribution in [3.05, 3.63) is 0 Å². The topological polar surface area (TPSA) is 49.5 Å². The number of hydrogen-bond donors (Lipinski definition) is 2. The van der Waals surface area contributed by atoms with Crippen LogP contribution < -0.4 is 5.73 Å². The molecular formula is C17H34N2O. The second-order valence-electron chi connectivity index (χ2n) is 8.10. The van der Waals surface area contributed by atoms with Crippen molar-refractivity contribution in [1.82, 2.24) is 4.90 Å². The monoisotopic (exact) mass is 282 g/mol. The lowest BCUT2D eigenvalue weighted by molar-refractivity contribution is 0.0555. The first-order valence-electron chi connectivity index (χ1n) is 8.50. The van der Waals surface area contributed by atoms with Gasteiger partial charge in [0, 0.05) is 19.2 Å². The second-order valence-corrected chi connectivity index (χ2v) is 8.10. The summed E-state index contributed by atoms with van der Waals surface area (Å²) in [6.07, 6.45) is 6.19. The van der Waals surface area contributed by atoms with Crippen molar-refractivity contribution >= 4 is 0 Å². The number of hydrogen-bond acceptors (Lipinski definition) is 3. The van der Waals surface area contributed by atoms with Gasteiger partial charge in [-0.1, -0.05) is 20.8 Å². The van der Waals surface area contributed by atoms with Crippen molar-refractivity contribution in [2.24, 2.45) is 28.9 Å². The molecule has 0 aromatic rings. The lowest BCUT2D eigenvalue weighted by Gasteiger charge is -2.45. The van der Waals surface area contributed by atoms with Crippen LogP contribution in [0.1, 0.15) is 52.9 Å². The number of rotatable bonds is 4. The zero-order valence-electron chi connectivity index (χ0n) is 13.6. The Bertz CT molecular complexity index is 300. The van der Waals surface area contributed by atoms with E-state index in [1.54, 1.807) is 0 Å². The molecule has 1 saturated carbocycles. The first-order valence-corrected chi connectivity index (χ1v) is 8.50. The summed E-state index contributed by atoms with van der Waals surface area (Å²) >= 11 is 0. The van der Waals surface area contributed by atoms with E-state index in [1.807, 2.05) is 0 Å². The van der Waals surface area contributed by atoms with E-state index in [0.717, 1.165) is 18.9 Å². The molecule has 20 heavy (non-hydrogen) atoms. The maximum absolute atomic E-state index is 9.13. The minimum Gasteiger partial charge on any atom is -0.396 e. The van der Waals surface area contributed by atoms with Crippen molar-refractivity contribution in [2.75, 3.05) is 26.2 Å². The third-order valence-corrected chi connectivity index (χ3v) is 5.81. The van der Waals surface area contributed by atoms with Crippen LogP contribution in [0.15, 0.2) is 0 Å². The van der Waals surface area contributed by atoms with Crippen molar-refractivity contribution in [3.63, 3.8) is 0 Å². The molecule has 3 nitrogen and oxygen atoms in total. The molecule has 0 aromatic heterocycles. The predicted molar refractivity (Wildman–Crippen MR) is 84.5 cm³/mol. The molecule has 2 rings (SSSR count). The van der Waals surface area contributed by atoms with Gasteiger partial charge >= 0.3 is 0 Å². The number of nitrogens with zero attached hydrogens (tertiary/aromatic N) is 1. The Hall–Kier alpha value is -0.120. The summed E-state index contributed by atoms with van der Waals surface area (Å²) in [5.74, 6) is 2.21. The molecular weight excluding hydrogens is 248 g/mol. The normalized spacial score (nSPS) is 36.5. The number of aliphatic hydroxyl groups excluding tert-OH is 1. The van der Waals surface area contributed by atoms with Gasteiger partial charge in [0.05, 0.1) is 0 Å². The van der Waals surface area contributed by atoms with E-state index in [1.165, 1.54) is 38.8 Å². The summed E-state index contributed by atoms with van der Waals surface area (Å²) in [6, 6.07) is 0.682. The quantitative estimate of drug-likeness (QED) is 0.833. The number of aliphatic hydroxyl groups is 1. The second kappa shape index (κ2) is 6.76. The van der Waals surface area contributed by atoms with Gasteiger partial charge in [0.25, 0.3) is 0 Å². The Kier molecular flexibility index (Phi) is 5.49. The van der Waals surface area contributed by atoms with Crippen molar-refractivity contribution in [2.45, 2.75) is 58.9 Å². The van der Waals surface area contributed by atoms with Crippen molar-refractivity contribution < 1.29 is 5.11 Å². The fourth-order valence-electron chi connectivity index (χ4n) is 4.30. The molecule has 0 radical (unpaired) electrons. The van der Waals surface area contributed by atoms with Crippen LogP contribution in [0.2, 0.25) is 0 Å². The molecule has 1 aliphatic heterocycles. The maximum Gasteiger partial charge on any atom is 0.0434 e. The minimum atomic E-state index is 0.341. The zero-order chi connectivity index (χ0) is 14.8. The van der Waals surface area contributed by atoms with Crippen LogP contribution >= 0.6 is 0 Å². The molecule has 0 amide bonds.